The molecule has 1 aliphatic rings. The Morgan fingerprint density at radius 1 is 1.38 bits per heavy atom. The SMILES string of the molecule is Brc1ccccc1C1COCCN1. The van der Waals surface area contributed by atoms with Gasteiger partial charge in [0.15, 0.2) is 0 Å². The molecule has 70 valence electrons. The first-order valence-electron chi connectivity index (χ1n) is 4.43. The van der Waals surface area contributed by atoms with E-state index in [1.165, 1.54) is 5.56 Å². The van der Waals surface area contributed by atoms with Gasteiger partial charge in [0.25, 0.3) is 0 Å². The molecule has 1 fully saturated rings. The van der Waals surface area contributed by atoms with Gasteiger partial charge < -0.3 is 10.1 Å². The van der Waals surface area contributed by atoms with Gasteiger partial charge in [-0.15, -0.1) is 0 Å². The summed E-state index contributed by atoms with van der Waals surface area (Å²) in [6.45, 7) is 2.52. The van der Waals surface area contributed by atoms with Crippen LogP contribution in [-0.2, 0) is 4.74 Å². The quantitative estimate of drug-likeness (QED) is 0.814. The van der Waals surface area contributed by atoms with Crippen molar-refractivity contribution in [2.24, 2.45) is 0 Å². The Kier molecular flexibility index (Phi) is 2.98. The zero-order valence-electron chi connectivity index (χ0n) is 7.29. The van der Waals surface area contributed by atoms with Crippen molar-refractivity contribution in [2.45, 2.75) is 6.04 Å². The van der Waals surface area contributed by atoms with E-state index in [1.54, 1.807) is 0 Å². The monoisotopic (exact) mass is 241 g/mol. The Balaban J connectivity index is 2.18. The molecule has 0 spiro atoms. The lowest BCUT2D eigenvalue weighted by molar-refractivity contribution is 0.0767. The van der Waals surface area contributed by atoms with E-state index in [4.69, 9.17) is 4.74 Å². The number of rotatable bonds is 1. The molecule has 1 saturated heterocycles. The minimum Gasteiger partial charge on any atom is -0.378 e. The average Bonchev–Trinajstić information content (AvgIpc) is 2.20. The summed E-state index contributed by atoms with van der Waals surface area (Å²) in [4.78, 5) is 0. The van der Waals surface area contributed by atoms with E-state index in [0.717, 1.165) is 24.2 Å². The molecule has 1 aromatic rings. The van der Waals surface area contributed by atoms with Crippen LogP contribution in [0.3, 0.4) is 0 Å². The highest BCUT2D eigenvalue weighted by Gasteiger charge is 2.16. The molecule has 13 heavy (non-hydrogen) atoms. The first-order valence-corrected chi connectivity index (χ1v) is 5.23. The summed E-state index contributed by atoms with van der Waals surface area (Å²) in [6, 6.07) is 8.60. The van der Waals surface area contributed by atoms with Gasteiger partial charge in [0.2, 0.25) is 0 Å². The van der Waals surface area contributed by atoms with Gasteiger partial charge in [0.05, 0.1) is 19.3 Å². The zero-order chi connectivity index (χ0) is 9.10. The van der Waals surface area contributed by atoms with E-state index >= 15 is 0 Å². The van der Waals surface area contributed by atoms with Crippen LogP contribution in [0, 0.1) is 0 Å². The molecule has 0 amide bonds. The van der Waals surface area contributed by atoms with E-state index in [2.05, 4.69) is 39.4 Å². The third kappa shape index (κ3) is 2.10. The number of morpholine rings is 1. The summed E-state index contributed by atoms with van der Waals surface area (Å²) < 4.78 is 6.56. The lowest BCUT2D eigenvalue weighted by Crippen LogP contribution is -2.34. The van der Waals surface area contributed by atoms with E-state index in [9.17, 15) is 0 Å². The maximum absolute atomic E-state index is 5.41. The van der Waals surface area contributed by atoms with Gasteiger partial charge in [0, 0.05) is 11.0 Å². The molecule has 0 aromatic heterocycles. The molecule has 1 aromatic carbocycles. The second-order valence-corrected chi connectivity index (χ2v) is 3.96. The fourth-order valence-corrected chi connectivity index (χ4v) is 2.08. The maximum atomic E-state index is 5.41. The normalized spacial score (nSPS) is 23.0. The topological polar surface area (TPSA) is 21.3 Å². The molecule has 1 aliphatic heterocycles. The van der Waals surface area contributed by atoms with E-state index < -0.39 is 0 Å². The van der Waals surface area contributed by atoms with Crippen molar-refractivity contribution in [3.63, 3.8) is 0 Å². The second kappa shape index (κ2) is 4.22. The van der Waals surface area contributed by atoms with Gasteiger partial charge in [-0.25, -0.2) is 0 Å². The Hall–Kier alpha value is -0.380. The van der Waals surface area contributed by atoms with Gasteiger partial charge in [-0.3, -0.25) is 0 Å². The predicted octanol–water partition coefficient (Wildman–Crippen LogP) is 2.11. The summed E-state index contributed by atoms with van der Waals surface area (Å²) in [6.07, 6.45) is 0. The van der Waals surface area contributed by atoms with Gasteiger partial charge in [-0.1, -0.05) is 34.1 Å². The van der Waals surface area contributed by atoms with Crippen LogP contribution >= 0.6 is 15.9 Å². The fourth-order valence-electron chi connectivity index (χ4n) is 1.52. The Morgan fingerprint density at radius 3 is 2.92 bits per heavy atom. The van der Waals surface area contributed by atoms with E-state index in [0.29, 0.717) is 6.04 Å². The largest absolute Gasteiger partial charge is 0.378 e. The zero-order valence-corrected chi connectivity index (χ0v) is 8.88. The second-order valence-electron chi connectivity index (χ2n) is 3.10. The molecule has 3 heteroatoms. The lowest BCUT2D eigenvalue weighted by atomic mass is 10.1. The van der Waals surface area contributed by atoms with Crippen molar-refractivity contribution in [1.29, 1.82) is 0 Å². The number of hydrogen-bond acceptors (Lipinski definition) is 2. The third-order valence-corrected chi connectivity index (χ3v) is 2.92. The van der Waals surface area contributed by atoms with Gasteiger partial charge in [0.1, 0.15) is 0 Å². The number of hydrogen-bond donors (Lipinski definition) is 1. The van der Waals surface area contributed by atoms with Crippen LogP contribution in [0.15, 0.2) is 28.7 Å². The van der Waals surface area contributed by atoms with Crippen LogP contribution in [0.4, 0.5) is 0 Å². The molecule has 0 bridgehead atoms. The summed E-state index contributed by atoms with van der Waals surface area (Å²) in [7, 11) is 0. The standard InChI is InChI=1S/C10H12BrNO/c11-9-4-2-1-3-8(9)10-7-13-6-5-12-10/h1-4,10,12H,5-7H2. The highest BCUT2D eigenvalue weighted by molar-refractivity contribution is 9.10. The summed E-state index contributed by atoms with van der Waals surface area (Å²) in [5.41, 5.74) is 1.28. The third-order valence-electron chi connectivity index (χ3n) is 2.20. The molecule has 2 nitrogen and oxygen atoms in total. The predicted molar refractivity (Wildman–Crippen MR) is 55.7 cm³/mol. The molecule has 1 N–H and O–H groups in total. The van der Waals surface area contributed by atoms with Crippen molar-refractivity contribution in [2.75, 3.05) is 19.8 Å². The van der Waals surface area contributed by atoms with Crippen molar-refractivity contribution >= 4 is 15.9 Å². The van der Waals surface area contributed by atoms with Crippen molar-refractivity contribution < 1.29 is 4.74 Å². The van der Waals surface area contributed by atoms with Crippen molar-refractivity contribution in [3.8, 4) is 0 Å². The summed E-state index contributed by atoms with van der Waals surface area (Å²) in [5.74, 6) is 0. The molecular formula is C10H12BrNO. The minimum absolute atomic E-state index is 0.337. The lowest BCUT2D eigenvalue weighted by Gasteiger charge is -2.24. The first kappa shape index (κ1) is 9.19. The number of halogens is 1. The molecular weight excluding hydrogens is 230 g/mol. The summed E-state index contributed by atoms with van der Waals surface area (Å²) in [5, 5.41) is 3.42. The Bertz CT molecular complexity index is 284. The fraction of sp³-hybridized carbons (Fsp3) is 0.400. The van der Waals surface area contributed by atoms with E-state index in [-0.39, 0.29) is 0 Å². The highest BCUT2D eigenvalue weighted by Crippen LogP contribution is 2.24. The van der Waals surface area contributed by atoms with Crippen molar-refractivity contribution in [1.82, 2.24) is 5.32 Å². The molecule has 0 saturated carbocycles. The molecule has 2 rings (SSSR count). The number of nitrogens with one attached hydrogen (secondary N) is 1. The average molecular weight is 242 g/mol. The van der Waals surface area contributed by atoms with Gasteiger partial charge >= 0.3 is 0 Å². The number of benzene rings is 1. The molecule has 0 aliphatic carbocycles. The Morgan fingerprint density at radius 2 is 2.23 bits per heavy atom. The van der Waals surface area contributed by atoms with Crippen molar-refractivity contribution in [3.05, 3.63) is 34.3 Å². The van der Waals surface area contributed by atoms with Crippen LogP contribution < -0.4 is 5.32 Å². The van der Waals surface area contributed by atoms with E-state index in [1.807, 2.05) is 6.07 Å². The minimum atomic E-state index is 0.337. The van der Waals surface area contributed by atoms with Crippen LogP contribution in [0.1, 0.15) is 11.6 Å². The molecule has 1 heterocycles. The van der Waals surface area contributed by atoms with Crippen LogP contribution in [-0.4, -0.2) is 19.8 Å². The van der Waals surface area contributed by atoms with Crippen LogP contribution in [0.2, 0.25) is 0 Å². The van der Waals surface area contributed by atoms with Gasteiger partial charge in [-0.05, 0) is 11.6 Å². The maximum Gasteiger partial charge on any atom is 0.0662 e. The molecule has 1 atom stereocenters. The summed E-state index contributed by atoms with van der Waals surface area (Å²) >= 11 is 3.54. The Labute approximate surface area is 86.4 Å². The smallest absolute Gasteiger partial charge is 0.0662 e. The molecule has 0 radical (unpaired) electrons. The molecule has 1 unspecified atom stereocenters. The van der Waals surface area contributed by atoms with Crippen LogP contribution in [0.5, 0.6) is 0 Å². The number of ether oxygens (including phenoxy) is 1. The highest BCUT2D eigenvalue weighted by atomic mass is 79.9. The first-order chi connectivity index (χ1) is 6.38. The van der Waals surface area contributed by atoms with Gasteiger partial charge in [-0.2, -0.15) is 0 Å². The van der Waals surface area contributed by atoms with Crippen LogP contribution in [0.25, 0.3) is 0 Å².